The summed E-state index contributed by atoms with van der Waals surface area (Å²) in [5.41, 5.74) is 1.64. The third-order valence-electron chi connectivity index (χ3n) is 7.64. The largest absolute Gasteiger partial charge is 0.418 e. The summed E-state index contributed by atoms with van der Waals surface area (Å²) < 4.78 is 41.3. The van der Waals surface area contributed by atoms with Crippen molar-refractivity contribution in [2.45, 2.75) is 69.9 Å². The summed E-state index contributed by atoms with van der Waals surface area (Å²) in [5.74, 6) is 0. The molecule has 0 saturated carbocycles. The lowest BCUT2D eigenvalue weighted by Gasteiger charge is -2.41. The number of aryl methyl sites for hydroxylation is 1. The van der Waals surface area contributed by atoms with Crippen molar-refractivity contribution in [3.05, 3.63) is 70.5 Å². The van der Waals surface area contributed by atoms with Gasteiger partial charge in [0.1, 0.15) is 0 Å². The highest BCUT2D eigenvalue weighted by Gasteiger charge is 2.39. The van der Waals surface area contributed by atoms with E-state index in [2.05, 4.69) is 21.8 Å². The number of halogens is 4. The van der Waals surface area contributed by atoms with Gasteiger partial charge in [0.25, 0.3) is 0 Å². The minimum absolute atomic E-state index is 0.134. The van der Waals surface area contributed by atoms with Crippen molar-refractivity contribution in [1.29, 1.82) is 0 Å². The Kier molecular flexibility index (Phi) is 8.59. The number of nitrogens with zero attached hydrogens (tertiary/aromatic N) is 2. The van der Waals surface area contributed by atoms with Gasteiger partial charge in [-0.05, 0) is 87.1 Å². The number of aromatic nitrogens is 1. The molecule has 7 heteroatoms. The predicted molar refractivity (Wildman–Crippen MR) is 139 cm³/mol. The first-order valence-electron chi connectivity index (χ1n) is 12.4. The molecule has 2 heterocycles. The van der Waals surface area contributed by atoms with Crippen molar-refractivity contribution < 1.29 is 13.2 Å². The van der Waals surface area contributed by atoms with Crippen LogP contribution < -0.4 is 5.32 Å². The molecule has 3 rings (SSSR count). The molecule has 0 atom stereocenters. The molecular formula is C28H37ClF3N3. The molecule has 1 aliphatic rings. The number of rotatable bonds is 9. The number of nitrogens with one attached hydrogen (secondary N) is 1. The van der Waals surface area contributed by atoms with Crippen LogP contribution in [0, 0.1) is 0 Å². The molecule has 192 valence electrons. The van der Waals surface area contributed by atoms with Crippen LogP contribution in [-0.4, -0.2) is 36.6 Å². The zero-order chi connectivity index (χ0) is 25.9. The van der Waals surface area contributed by atoms with Crippen molar-refractivity contribution in [3.63, 3.8) is 0 Å². The molecule has 0 radical (unpaired) electrons. The fourth-order valence-electron chi connectivity index (χ4n) is 4.98. The minimum atomic E-state index is -4.40. The van der Waals surface area contributed by atoms with Gasteiger partial charge < -0.3 is 10.2 Å². The number of likely N-dealkylation sites (tertiary alicyclic amines) is 1. The van der Waals surface area contributed by atoms with Gasteiger partial charge in [-0.2, -0.15) is 13.2 Å². The molecule has 1 aromatic carbocycles. The maximum atomic E-state index is 13.8. The average molecular weight is 508 g/mol. The average Bonchev–Trinajstić information content (AvgIpc) is 2.84. The molecule has 35 heavy (non-hydrogen) atoms. The lowest BCUT2D eigenvalue weighted by atomic mass is 9.72. The standard InChI is InChI=1S/C28H37ClF3N3/c1-6-26(3,4)25-23(28(30,31)32)17-20(19-34-25)9-8-14-35-15-12-27(7-2,13-16-35)22-18-21(29)10-11-24(22)33-5/h7,10-11,17-19,33H,2,6,8-9,12-16H2,1,3-5H3. The maximum absolute atomic E-state index is 13.8. The Morgan fingerprint density at radius 3 is 2.46 bits per heavy atom. The smallest absolute Gasteiger partial charge is 0.388 e. The molecule has 2 aromatic rings. The van der Waals surface area contributed by atoms with Gasteiger partial charge in [-0.1, -0.05) is 38.4 Å². The summed E-state index contributed by atoms with van der Waals surface area (Å²) in [5, 5.41) is 3.98. The first-order valence-corrected chi connectivity index (χ1v) is 12.7. The van der Waals surface area contributed by atoms with Crippen LogP contribution in [0.1, 0.15) is 68.8 Å². The van der Waals surface area contributed by atoms with Crippen LogP contribution in [0.2, 0.25) is 5.02 Å². The molecule has 0 unspecified atom stereocenters. The number of alkyl halides is 3. The SMILES string of the molecule is C=CC1(c2cc(Cl)ccc2NC)CCN(CCCc2cnc(C(C)(C)CC)c(C(F)(F)F)c2)CC1. The Morgan fingerprint density at radius 1 is 1.20 bits per heavy atom. The molecule has 3 nitrogen and oxygen atoms in total. The van der Waals surface area contributed by atoms with Gasteiger partial charge in [0.15, 0.2) is 0 Å². The van der Waals surface area contributed by atoms with Crippen molar-refractivity contribution in [3.8, 4) is 0 Å². The van der Waals surface area contributed by atoms with Gasteiger partial charge >= 0.3 is 6.18 Å². The van der Waals surface area contributed by atoms with E-state index >= 15 is 0 Å². The highest BCUT2D eigenvalue weighted by atomic mass is 35.5. The quantitative estimate of drug-likeness (QED) is 0.353. The van der Waals surface area contributed by atoms with E-state index < -0.39 is 17.2 Å². The highest BCUT2D eigenvalue weighted by Crippen LogP contribution is 2.42. The first kappa shape index (κ1) is 27.5. The summed E-state index contributed by atoms with van der Waals surface area (Å²) in [6, 6.07) is 7.22. The van der Waals surface area contributed by atoms with E-state index in [1.165, 1.54) is 11.6 Å². The first-order chi connectivity index (χ1) is 16.5. The monoisotopic (exact) mass is 507 g/mol. The number of pyridine rings is 1. The number of anilines is 1. The Bertz CT molecular complexity index is 1020. The molecule has 0 bridgehead atoms. The van der Waals surface area contributed by atoms with E-state index in [0.29, 0.717) is 23.4 Å². The van der Waals surface area contributed by atoms with Crippen LogP contribution in [0.25, 0.3) is 0 Å². The third kappa shape index (κ3) is 6.21. The summed E-state index contributed by atoms with van der Waals surface area (Å²) in [7, 11) is 1.91. The van der Waals surface area contributed by atoms with Gasteiger partial charge in [-0.15, -0.1) is 6.58 Å². The summed E-state index contributed by atoms with van der Waals surface area (Å²) in [6.45, 7) is 12.3. The zero-order valence-corrected chi connectivity index (χ0v) is 22.0. The molecule has 1 N–H and O–H groups in total. The highest BCUT2D eigenvalue weighted by molar-refractivity contribution is 6.30. The van der Waals surface area contributed by atoms with E-state index in [1.54, 1.807) is 6.20 Å². The number of allylic oxidation sites excluding steroid dienone is 1. The molecular weight excluding hydrogens is 471 g/mol. The van der Waals surface area contributed by atoms with E-state index in [-0.39, 0.29) is 11.1 Å². The number of hydrogen-bond donors (Lipinski definition) is 1. The maximum Gasteiger partial charge on any atom is 0.418 e. The normalized spacial score (nSPS) is 16.8. The van der Waals surface area contributed by atoms with Crippen molar-refractivity contribution in [2.75, 3.05) is 32.0 Å². The molecule has 0 spiro atoms. The van der Waals surface area contributed by atoms with Gasteiger partial charge in [-0.3, -0.25) is 4.98 Å². The Hall–Kier alpha value is -2.05. The van der Waals surface area contributed by atoms with Crippen molar-refractivity contribution in [1.82, 2.24) is 9.88 Å². The topological polar surface area (TPSA) is 28.2 Å². The van der Waals surface area contributed by atoms with Gasteiger partial charge in [-0.25, -0.2) is 0 Å². The van der Waals surface area contributed by atoms with Crippen LogP contribution in [0.4, 0.5) is 18.9 Å². The van der Waals surface area contributed by atoms with Crippen LogP contribution in [0.3, 0.4) is 0 Å². The van der Waals surface area contributed by atoms with E-state index in [9.17, 15) is 13.2 Å². The fraction of sp³-hybridized carbons (Fsp3) is 0.536. The second-order valence-electron chi connectivity index (χ2n) is 10.2. The summed E-state index contributed by atoms with van der Waals surface area (Å²) >= 11 is 6.30. The van der Waals surface area contributed by atoms with Crippen LogP contribution in [0.15, 0.2) is 43.1 Å². The lowest BCUT2D eigenvalue weighted by Crippen LogP contribution is -2.42. The molecule has 1 fully saturated rings. The number of piperidine rings is 1. The second-order valence-corrected chi connectivity index (χ2v) is 10.7. The van der Waals surface area contributed by atoms with Crippen LogP contribution >= 0.6 is 11.6 Å². The minimum Gasteiger partial charge on any atom is -0.388 e. The van der Waals surface area contributed by atoms with Crippen molar-refractivity contribution >= 4 is 17.3 Å². The number of hydrogen-bond acceptors (Lipinski definition) is 3. The Morgan fingerprint density at radius 2 is 1.89 bits per heavy atom. The van der Waals surface area contributed by atoms with Gasteiger partial charge in [0.05, 0.1) is 11.3 Å². The van der Waals surface area contributed by atoms with Crippen LogP contribution in [-0.2, 0) is 23.4 Å². The number of benzene rings is 1. The van der Waals surface area contributed by atoms with E-state index in [0.717, 1.165) is 44.6 Å². The zero-order valence-electron chi connectivity index (χ0n) is 21.2. The summed E-state index contributed by atoms with van der Waals surface area (Å²) in [6.07, 6.45) is 3.06. The lowest BCUT2D eigenvalue weighted by molar-refractivity contribution is -0.139. The van der Waals surface area contributed by atoms with Crippen LogP contribution in [0.5, 0.6) is 0 Å². The van der Waals surface area contributed by atoms with Gasteiger partial charge in [0.2, 0.25) is 0 Å². The Labute approximate surface area is 212 Å². The molecule has 0 amide bonds. The van der Waals surface area contributed by atoms with E-state index in [1.807, 2.05) is 52.1 Å². The summed E-state index contributed by atoms with van der Waals surface area (Å²) in [4.78, 5) is 6.67. The fourth-order valence-corrected chi connectivity index (χ4v) is 5.15. The molecule has 1 aliphatic heterocycles. The van der Waals surface area contributed by atoms with E-state index in [4.69, 9.17) is 11.6 Å². The molecule has 0 aliphatic carbocycles. The predicted octanol–water partition coefficient (Wildman–Crippen LogP) is 7.64. The molecule has 1 saturated heterocycles. The molecule has 1 aromatic heterocycles. The van der Waals surface area contributed by atoms with Gasteiger partial charge in [0, 0.05) is 34.8 Å². The third-order valence-corrected chi connectivity index (χ3v) is 7.88. The van der Waals surface area contributed by atoms with Crippen molar-refractivity contribution in [2.24, 2.45) is 0 Å². The second kappa shape index (κ2) is 10.9. The Balaban J connectivity index is 1.64.